The van der Waals surface area contributed by atoms with Crippen LogP contribution in [-0.2, 0) is 4.79 Å². The molecule has 5 N–H and O–H groups in total. The molecule has 34 heavy (non-hydrogen) atoms. The number of imidazole rings is 1. The smallest absolute Gasteiger partial charge is 0.269 e. The zero-order valence-corrected chi connectivity index (χ0v) is 18.7. The first-order valence-electron chi connectivity index (χ1n) is 10.7. The van der Waals surface area contributed by atoms with Crippen molar-refractivity contribution >= 4 is 23.5 Å². The van der Waals surface area contributed by atoms with E-state index in [2.05, 4.69) is 21.9 Å². The fraction of sp³-hybridized carbons (Fsp3) is 0.208. The third kappa shape index (κ3) is 4.25. The van der Waals surface area contributed by atoms with Gasteiger partial charge in [-0.25, -0.2) is 14.6 Å². The van der Waals surface area contributed by atoms with Crippen LogP contribution >= 0.6 is 0 Å². The van der Waals surface area contributed by atoms with Crippen LogP contribution in [-0.4, -0.2) is 43.8 Å². The molecule has 1 unspecified atom stereocenters. The van der Waals surface area contributed by atoms with Gasteiger partial charge in [-0.2, -0.15) is 0 Å². The summed E-state index contributed by atoms with van der Waals surface area (Å²) in [4.78, 5) is 47.7. The molecule has 1 saturated heterocycles. The molecule has 1 aliphatic heterocycles. The molecule has 1 fully saturated rings. The fourth-order valence-corrected chi connectivity index (χ4v) is 4.05. The fourth-order valence-electron chi connectivity index (χ4n) is 4.05. The Morgan fingerprint density at radius 1 is 1.15 bits per heavy atom. The highest BCUT2D eigenvalue weighted by Crippen LogP contribution is 2.34. The highest BCUT2D eigenvalue weighted by molar-refractivity contribution is 6.04. The first kappa shape index (κ1) is 22.7. The molecule has 1 aliphatic rings. The number of nitrogens with zero attached hydrogens (tertiary/aromatic N) is 4. The first-order valence-corrected chi connectivity index (χ1v) is 10.7. The van der Waals surface area contributed by atoms with Gasteiger partial charge >= 0.3 is 0 Å². The second-order valence-corrected chi connectivity index (χ2v) is 8.08. The highest BCUT2D eigenvalue weighted by atomic mass is 16.2. The van der Waals surface area contributed by atoms with Crippen LogP contribution in [0.25, 0.3) is 11.3 Å². The molecule has 10 nitrogen and oxygen atoms in total. The third-order valence-electron chi connectivity index (χ3n) is 5.68. The summed E-state index contributed by atoms with van der Waals surface area (Å²) in [5.41, 5.74) is 7.31. The lowest BCUT2D eigenvalue weighted by Gasteiger charge is -2.24. The van der Waals surface area contributed by atoms with Crippen molar-refractivity contribution in [3.05, 3.63) is 77.9 Å². The summed E-state index contributed by atoms with van der Waals surface area (Å²) in [5, 5.41) is 2.71. The van der Waals surface area contributed by atoms with Gasteiger partial charge in [0.2, 0.25) is 5.91 Å². The maximum absolute atomic E-state index is 12.6. The molecule has 4 rings (SSSR count). The molecule has 0 spiro atoms. The molecule has 0 bridgehead atoms. The molecule has 1 atom stereocenters. The van der Waals surface area contributed by atoms with Gasteiger partial charge in [-0.1, -0.05) is 24.8 Å². The zero-order chi connectivity index (χ0) is 24.4. The lowest BCUT2D eigenvalue weighted by atomic mass is 10.1. The molecule has 174 valence electrons. The van der Waals surface area contributed by atoms with Crippen molar-refractivity contribution in [1.29, 1.82) is 0 Å². The van der Waals surface area contributed by atoms with Crippen molar-refractivity contribution < 1.29 is 14.4 Å². The van der Waals surface area contributed by atoms with E-state index in [9.17, 15) is 14.4 Å². The van der Waals surface area contributed by atoms with Gasteiger partial charge in [0.25, 0.3) is 11.8 Å². The summed E-state index contributed by atoms with van der Waals surface area (Å²) in [6, 6.07) is 11.4. The number of nitrogen functional groups attached to an aromatic ring is 1. The molecule has 3 aromatic rings. The number of anilines is 1. The predicted molar refractivity (Wildman–Crippen MR) is 127 cm³/mol. The Hall–Kier alpha value is -4.47. The van der Waals surface area contributed by atoms with Crippen LogP contribution in [0.4, 0.5) is 5.82 Å². The Kier molecular flexibility index (Phi) is 6.13. The number of benzene rings is 1. The van der Waals surface area contributed by atoms with Crippen LogP contribution in [0.1, 0.15) is 52.5 Å². The molecule has 2 aromatic heterocycles. The second kappa shape index (κ2) is 9.18. The van der Waals surface area contributed by atoms with Crippen LogP contribution in [0.5, 0.6) is 0 Å². The number of carbonyl (C=O) groups is 3. The highest BCUT2D eigenvalue weighted by Gasteiger charge is 2.35. The lowest BCUT2D eigenvalue weighted by molar-refractivity contribution is -0.128. The summed E-state index contributed by atoms with van der Waals surface area (Å²) in [7, 11) is 0. The molecule has 3 heterocycles. The van der Waals surface area contributed by atoms with Gasteiger partial charge in [-0.15, -0.1) is 0 Å². The topological polar surface area (TPSA) is 149 Å². The maximum atomic E-state index is 12.6. The average Bonchev–Trinajstić information content (AvgIpc) is 3.43. The van der Waals surface area contributed by atoms with Gasteiger partial charge in [-0.05, 0) is 44.0 Å². The van der Waals surface area contributed by atoms with Crippen molar-refractivity contribution in [1.82, 2.24) is 19.5 Å². The quantitative estimate of drug-likeness (QED) is 0.380. The Balaban J connectivity index is 1.65. The molecule has 3 amide bonds. The number of pyridine rings is 1. The molecule has 1 aromatic carbocycles. The molecule has 0 aliphatic carbocycles. The number of rotatable bonds is 6. The van der Waals surface area contributed by atoms with E-state index in [1.54, 1.807) is 60.5 Å². The van der Waals surface area contributed by atoms with Gasteiger partial charge in [0.15, 0.2) is 11.5 Å². The monoisotopic (exact) mass is 459 g/mol. The molecular weight excluding hydrogens is 434 g/mol. The Labute approximate surface area is 196 Å². The van der Waals surface area contributed by atoms with E-state index in [0.717, 1.165) is 11.1 Å². The Morgan fingerprint density at radius 2 is 1.88 bits per heavy atom. The van der Waals surface area contributed by atoms with Crippen molar-refractivity contribution in [2.75, 3.05) is 17.7 Å². The number of hydrogen-bond donors (Lipinski definition) is 3. The Morgan fingerprint density at radius 3 is 2.50 bits per heavy atom. The molecular formula is C24H25N7O3. The van der Waals surface area contributed by atoms with Gasteiger partial charge in [0.05, 0.1) is 6.04 Å². The van der Waals surface area contributed by atoms with Gasteiger partial charge in [0, 0.05) is 29.4 Å². The van der Waals surface area contributed by atoms with Crippen molar-refractivity contribution in [3.8, 4) is 11.3 Å². The van der Waals surface area contributed by atoms with E-state index in [1.165, 1.54) is 0 Å². The second-order valence-electron chi connectivity index (χ2n) is 8.08. The number of aromatic nitrogens is 3. The molecule has 0 saturated carbocycles. The summed E-state index contributed by atoms with van der Waals surface area (Å²) in [6.45, 7) is 5.93. The summed E-state index contributed by atoms with van der Waals surface area (Å²) >= 11 is 0. The lowest BCUT2D eigenvalue weighted by Crippen LogP contribution is -2.34. The SMILES string of the molecule is C=C(C)C(=O)N1CCCC1c1nc(-c2ccc(C(=O)Nc3ccccn3)cc2)c(C(N)=O)n1N. The number of hydrogen-bond acceptors (Lipinski definition) is 6. The van der Waals surface area contributed by atoms with Gasteiger partial charge in [0.1, 0.15) is 11.5 Å². The van der Waals surface area contributed by atoms with Crippen molar-refractivity contribution in [2.45, 2.75) is 25.8 Å². The minimum Gasteiger partial charge on any atom is -0.364 e. The van der Waals surface area contributed by atoms with Crippen LogP contribution in [0.3, 0.4) is 0 Å². The number of amides is 3. The van der Waals surface area contributed by atoms with E-state index < -0.39 is 11.9 Å². The van der Waals surface area contributed by atoms with Crippen LogP contribution in [0.2, 0.25) is 0 Å². The first-order chi connectivity index (χ1) is 16.3. The van der Waals surface area contributed by atoms with Crippen LogP contribution < -0.4 is 16.9 Å². The van der Waals surface area contributed by atoms with E-state index in [0.29, 0.717) is 41.3 Å². The number of carbonyl (C=O) groups excluding carboxylic acids is 3. The average molecular weight is 460 g/mol. The third-order valence-corrected chi connectivity index (χ3v) is 5.68. The summed E-state index contributed by atoms with van der Waals surface area (Å²) in [6.07, 6.45) is 3.01. The standard InChI is InChI=1S/C24H25N7O3/c1-14(2)24(34)30-13-5-6-17(30)22-29-19(20(21(25)32)31(22)26)15-8-10-16(11-9-15)23(33)28-18-7-3-4-12-27-18/h3-4,7-12,17H,1,5-6,13,26H2,2H3,(H2,25,32)(H,27,28,33). The zero-order valence-electron chi connectivity index (χ0n) is 18.7. The van der Waals surface area contributed by atoms with Gasteiger partial charge < -0.3 is 21.8 Å². The summed E-state index contributed by atoms with van der Waals surface area (Å²) in [5.74, 6) is 5.79. The summed E-state index contributed by atoms with van der Waals surface area (Å²) < 4.78 is 1.16. The maximum Gasteiger partial charge on any atom is 0.269 e. The minimum atomic E-state index is -0.746. The number of likely N-dealkylation sites (tertiary alicyclic amines) is 1. The number of nitrogens with two attached hydrogens (primary N) is 2. The van der Waals surface area contributed by atoms with Crippen molar-refractivity contribution in [3.63, 3.8) is 0 Å². The molecule has 10 heteroatoms. The van der Waals surface area contributed by atoms with E-state index in [4.69, 9.17) is 11.6 Å². The molecule has 0 radical (unpaired) electrons. The normalized spacial score (nSPS) is 15.2. The van der Waals surface area contributed by atoms with Crippen LogP contribution in [0.15, 0.2) is 60.8 Å². The number of nitrogens with one attached hydrogen (secondary N) is 1. The van der Waals surface area contributed by atoms with Crippen LogP contribution in [0, 0.1) is 0 Å². The Bertz CT molecular complexity index is 1270. The van der Waals surface area contributed by atoms with E-state index in [1.807, 2.05) is 0 Å². The van der Waals surface area contributed by atoms with Crippen molar-refractivity contribution in [2.24, 2.45) is 5.73 Å². The predicted octanol–water partition coefficient (Wildman–Crippen LogP) is 2.25. The largest absolute Gasteiger partial charge is 0.364 e. The van der Waals surface area contributed by atoms with E-state index >= 15 is 0 Å². The van der Waals surface area contributed by atoms with Gasteiger partial charge in [-0.3, -0.25) is 14.4 Å². The van der Waals surface area contributed by atoms with E-state index in [-0.39, 0.29) is 23.2 Å². The minimum absolute atomic E-state index is 0.0234. The number of primary amides is 1.